The van der Waals surface area contributed by atoms with Crippen LogP contribution in [0.25, 0.3) is 0 Å². The van der Waals surface area contributed by atoms with Gasteiger partial charge in [0.15, 0.2) is 5.96 Å². The summed E-state index contributed by atoms with van der Waals surface area (Å²) in [5.41, 5.74) is 0. The largest absolute Gasteiger partial charge is 0.469 e. The van der Waals surface area contributed by atoms with Gasteiger partial charge in [0.05, 0.1) is 18.9 Å². The van der Waals surface area contributed by atoms with Crippen molar-refractivity contribution < 1.29 is 9.15 Å². The van der Waals surface area contributed by atoms with Gasteiger partial charge in [-0.25, -0.2) is 0 Å². The highest BCUT2D eigenvalue weighted by atomic mass is 16.5. The predicted octanol–water partition coefficient (Wildman–Crippen LogP) is 2.75. The summed E-state index contributed by atoms with van der Waals surface area (Å²) in [6.07, 6.45) is 9.02. The molecule has 2 unspecified atom stereocenters. The SMILES string of the molecule is CCN1CCCC1CN(C)C(=NCC1CCCCO1)NCCc1ccco1. The maximum Gasteiger partial charge on any atom is 0.193 e. The van der Waals surface area contributed by atoms with Crippen molar-refractivity contribution in [1.29, 1.82) is 0 Å². The van der Waals surface area contributed by atoms with Crippen molar-refractivity contribution in [2.45, 2.75) is 57.6 Å². The van der Waals surface area contributed by atoms with Gasteiger partial charge in [-0.05, 0) is 57.3 Å². The number of likely N-dealkylation sites (N-methyl/N-ethyl adjacent to an activating group) is 2. The summed E-state index contributed by atoms with van der Waals surface area (Å²) in [7, 11) is 2.16. The number of hydrogen-bond donors (Lipinski definition) is 1. The number of likely N-dealkylation sites (tertiary alicyclic amines) is 1. The fourth-order valence-electron chi connectivity index (χ4n) is 4.12. The third kappa shape index (κ3) is 6.25. The number of guanidine groups is 1. The van der Waals surface area contributed by atoms with Gasteiger partial charge in [0.25, 0.3) is 0 Å². The van der Waals surface area contributed by atoms with E-state index in [0.29, 0.717) is 6.04 Å². The maximum absolute atomic E-state index is 5.86. The average Bonchev–Trinajstić information content (AvgIpc) is 3.37. The van der Waals surface area contributed by atoms with E-state index in [4.69, 9.17) is 14.1 Å². The minimum absolute atomic E-state index is 0.271. The molecular formula is C21H36N4O2. The molecule has 1 aromatic rings. The molecule has 27 heavy (non-hydrogen) atoms. The fraction of sp³-hybridized carbons (Fsp3) is 0.762. The van der Waals surface area contributed by atoms with E-state index in [1.54, 1.807) is 6.26 Å². The number of rotatable bonds is 8. The average molecular weight is 377 g/mol. The zero-order valence-corrected chi connectivity index (χ0v) is 17.0. The second-order valence-corrected chi connectivity index (χ2v) is 7.71. The van der Waals surface area contributed by atoms with Crippen LogP contribution in [0.1, 0.15) is 44.8 Å². The van der Waals surface area contributed by atoms with Crippen molar-refractivity contribution >= 4 is 5.96 Å². The summed E-state index contributed by atoms with van der Waals surface area (Å²) in [4.78, 5) is 9.80. The first kappa shape index (κ1) is 20.2. The quantitative estimate of drug-likeness (QED) is 0.558. The number of nitrogens with one attached hydrogen (secondary N) is 1. The van der Waals surface area contributed by atoms with Gasteiger partial charge in [-0.1, -0.05) is 6.92 Å². The van der Waals surface area contributed by atoms with Crippen molar-refractivity contribution in [1.82, 2.24) is 15.1 Å². The molecule has 0 radical (unpaired) electrons. The van der Waals surface area contributed by atoms with Crippen LogP contribution in [-0.4, -0.2) is 74.3 Å². The molecule has 6 nitrogen and oxygen atoms in total. The van der Waals surface area contributed by atoms with Crippen LogP contribution in [0.4, 0.5) is 0 Å². The van der Waals surface area contributed by atoms with E-state index in [1.807, 2.05) is 12.1 Å². The third-order valence-corrected chi connectivity index (χ3v) is 5.70. The monoisotopic (exact) mass is 376 g/mol. The summed E-state index contributed by atoms with van der Waals surface area (Å²) < 4.78 is 11.3. The molecule has 2 saturated heterocycles. The number of aliphatic imine (C=N–C) groups is 1. The minimum atomic E-state index is 0.271. The Balaban J connectivity index is 1.56. The molecule has 0 saturated carbocycles. The number of furan rings is 1. The highest BCUT2D eigenvalue weighted by Gasteiger charge is 2.25. The maximum atomic E-state index is 5.86. The third-order valence-electron chi connectivity index (χ3n) is 5.70. The van der Waals surface area contributed by atoms with E-state index in [-0.39, 0.29) is 6.10 Å². The first-order valence-corrected chi connectivity index (χ1v) is 10.6. The summed E-state index contributed by atoms with van der Waals surface area (Å²) >= 11 is 0. The molecule has 1 aromatic heterocycles. The van der Waals surface area contributed by atoms with Gasteiger partial charge in [0.2, 0.25) is 0 Å². The molecule has 0 aliphatic carbocycles. The molecule has 2 aliphatic heterocycles. The van der Waals surface area contributed by atoms with E-state index < -0.39 is 0 Å². The number of ether oxygens (including phenoxy) is 1. The van der Waals surface area contributed by atoms with Crippen molar-refractivity contribution in [3.05, 3.63) is 24.2 Å². The molecule has 1 N–H and O–H groups in total. The van der Waals surface area contributed by atoms with Crippen molar-refractivity contribution in [3.8, 4) is 0 Å². The van der Waals surface area contributed by atoms with E-state index in [1.165, 1.54) is 32.2 Å². The van der Waals surface area contributed by atoms with Crippen LogP contribution in [0.15, 0.2) is 27.8 Å². The van der Waals surface area contributed by atoms with Crippen LogP contribution in [0, 0.1) is 0 Å². The molecule has 2 fully saturated rings. The zero-order chi connectivity index (χ0) is 18.9. The van der Waals surface area contributed by atoms with Gasteiger partial charge in [0, 0.05) is 39.2 Å². The van der Waals surface area contributed by atoms with Crippen LogP contribution in [0.5, 0.6) is 0 Å². The predicted molar refractivity (Wildman–Crippen MR) is 109 cm³/mol. The molecule has 3 heterocycles. The smallest absolute Gasteiger partial charge is 0.193 e. The van der Waals surface area contributed by atoms with Crippen molar-refractivity contribution in [2.75, 3.05) is 46.4 Å². The van der Waals surface area contributed by atoms with Crippen LogP contribution >= 0.6 is 0 Å². The molecule has 3 rings (SSSR count). The van der Waals surface area contributed by atoms with Gasteiger partial charge in [0.1, 0.15) is 5.76 Å². The van der Waals surface area contributed by atoms with Gasteiger partial charge in [-0.3, -0.25) is 9.89 Å². The van der Waals surface area contributed by atoms with Gasteiger partial charge >= 0.3 is 0 Å². The Kier molecular flexibility index (Phi) is 8.02. The molecule has 0 bridgehead atoms. The van der Waals surface area contributed by atoms with Gasteiger partial charge in [-0.15, -0.1) is 0 Å². The van der Waals surface area contributed by atoms with Crippen LogP contribution < -0.4 is 5.32 Å². The normalized spacial score (nSPS) is 24.3. The van der Waals surface area contributed by atoms with E-state index in [9.17, 15) is 0 Å². The van der Waals surface area contributed by atoms with Crippen LogP contribution in [-0.2, 0) is 11.2 Å². The Morgan fingerprint density at radius 1 is 1.33 bits per heavy atom. The summed E-state index contributed by atoms with van der Waals surface area (Å²) in [6, 6.07) is 4.59. The molecular weight excluding hydrogens is 340 g/mol. The molecule has 6 heteroatoms. The second-order valence-electron chi connectivity index (χ2n) is 7.71. The topological polar surface area (TPSA) is 53.2 Å². The molecule has 0 amide bonds. The number of nitrogens with zero attached hydrogens (tertiary/aromatic N) is 3. The first-order valence-electron chi connectivity index (χ1n) is 10.6. The van der Waals surface area contributed by atoms with Gasteiger partial charge in [-0.2, -0.15) is 0 Å². The lowest BCUT2D eigenvalue weighted by atomic mass is 10.1. The van der Waals surface area contributed by atoms with Crippen molar-refractivity contribution in [3.63, 3.8) is 0 Å². The Labute approximate surface area is 163 Å². The molecule has 2 atom stereocenters. The standard InChI is InChI=1S/C21H36N4O2/c1-3-25-13-6-8-18(25)17-24(2)21(22-12-11-19-10-7-15-26-19)23-16-20-9-4-5-14-27-20/h7,10,15,18,20H,3-6,8-9,11-14,16-17H2,1-2H3,(H,22,23). The van der Waals surface area contributed by atoms with E-state index in [0.717, 1.165) is 57.3 Å². The summed E-state index contributed by atoms with van der Waals surface area (Å²) in [5.74, 6) is 1.99. The lowest BCUT2D eigenvalue weighted by molar-refractivity contribution is 0.0223. The zero-order valence-electron chi connectivity index (χ0n) is 17.0. The lowest BCUT2D eigenvalue weighted by Gasteiger charge is -2.30. The van der Waals surface area contributed by atoms with E-state index >= 15 is 0 Å². The Morgan fingerprint density at radius 2 is 2.26 bits per heavy atom. The first-order chi connectivity index (χ1) is 13.3. The van der Waals surface area contributed by atoms with Gasteiger partial charge < -0.3 is 19.4 Å². The molecule has 0 spiro atoms. The van der Waals surface area contributed by atoms with Crippen molar-refractivity contribution in [2.24, 2.45) is 4.99 Å². The van der Waals surface area contributed by atoms with Crippen LogP contribution in [0.3, 0.4) is 0 Å². The second kappa shape index (κ2) is 10.7. The molecule has 2 aliphatic rings. The van der Waals surface area contributed by atoms with E-state index in [2.05, 4.69) is 29.1 Å². The number of hydrogen-bond acceptors (Lipinski definition) is 4. The highest BCUT2D eigenvalue weighted by molar-refractivity contribution is 5.79. The summed E-state index contributed by atoms with van der Waals surface area (Å²) in [6.45, 7) is 8.09. The fourth-order valence-corrected chi connectivity index (χ4v) is 4.12. The summed E-state index contributed by atoms with van der Waals surface area (Å²) in [5, 5.41) is 3.55. The van der Waals surface area contributed by atoms with Crippen LogP contribution in [0.2, 0.25) is 0 Å². The Morgan fingerprint density at radius 3 is 3.00 bits per heavy atom. The lowest BCUT2D eigenvalue weighted by Crippen LogP contribution is -2.46. The molecule has 152 valence electrons. The highest BCUT2D eigenvalue weighted by Crippen LogP contribution is 2.17. The Hall–Kier alpha value is -1.53. The Bertz CT molecular complexity index is 555. The molecule has 0 aromatic carbocycles. The minimum Gasteiger partial charge on any atom is -0.469 e.